The van der Waals surface area contributed by atoms with Crippen molar-refractivity contribution >= 4 is 27.5 Å². The number of nitrogens with one attached hydrogen (secondary N) is 1. The number of piperazine rings is 1. The van der Waals surface area contributed by atoms with Crippen LogP contribution in [0.15, 0.2) is 24.3 Å². The van der Waals surface area contributed by atoms with Gasteiger partial charge < -0.3 is 10.1 Å². The van der Waals surface area contributed by atoms with Gasteiger partial charge in [0.2, 0.25) is 15.9 Å². The Balaban J connectivity index is 1.61. The predicted molar refractivity (Wildman–Crippen MR) is 92.8 cm³/mol. The molecule has 1 heterocycles. The molecule has 1 amide bonds. The topological polar surface area (TPSA) is 79.0 Å². The van der Waals surface area contributed by atoms with Crippen molar-refractivity contribution < 1.29 is 17.9 Å². The van der Waals surface area contributed by atoms with Crippen LogP contribution in [0.25, 0.3) is 0 Å². The highest BCUT2D eigenvalue weighted by Crippen LogP contribution is 2.15. The van der Waals surface area contributed by atoms with E-state index in [-0.39, 0.29) is 12.5 Å². The Morgan fingerprint density at radius 3 is 2.42 bits per heavy atom. The van der Waals surface area contributed by atoms with Crippen molar-refractivity contribution in [2.24, 2.45) is 0 Å². The highest BCUT2D eigenvalue weighted by Gasteiger charge is 2.24. The summed E-state index contributed by atoms with van der Waals surface area (Å²) in [6, 6.07) is 7.02. The van der Waals surface area contributed by atoms with Crippen LogP contribution in [-0.2, 0) is 14.8 Å². The zero-order valence-electron chi connectivity index (χ0n) is 13.6. The third-order valence-electron chi connectivity index (χ3n) is 3.67. The van der Waals surface area contributed by atoms with Crippen molar-refractivity contribution in [2.45, 2.75) is 0 Å². The normalized spacial score (nSPS) is 16.8. The maximum atomic E-state index is 11.9. The van der Waals surface area contributed by atoms with Gasteiger partial charge in [-0.2, -0.15) is 4.31 Å². The van der Waals surface area contributed by atoms with Gasteiger partial charge in [-0.15, -0.1) is 0 Å². The average Bonchev–Trinajstić information content (AvgIpc) is 2.53. The first-order valence-corrected chi connectivity index (χ1v) is 9.90. The summed E-state index contributed by atoms with van der Waals surface area (Å²) in [5, 5.41) is 3.43. The lowest BCUT2D eigenvalue weighted by Gasteiger charge is -2.32. The smallest absolute Gasteiger partial charge is 0.234 e. The summed E-state index contributed by atoms with van der Waals surface area (Å²) in [4.78, 5) is 13.8. The molecular weight excluding hydrogens is 354 g/mol. The fourth-order valence-electron chi connectivity index (χ4n) is 2.37. The van der Waals surface area contributed by atoms with Crippen molar-refractivity contribution in [3.05, 3.63) is 29.3 Å². The first-order valence-electron chi connectivity index (χ1n) is 7.67. The van der Waals surface area contributed by atoms with E-state index in [4.69, 9.17) is 16.3 Å². The Morgan fingerprint density at radius 1 is 1.21 bits per heavy atom. The molecule has 9 heteroatoms. The summed E-state index contributed by atoms with van der Waals surface area (Å²) < 4.78 is 29.8. The maximum Gasteiger partial charge on any atom is 0.234 e. The highest BCUT2D eigenvalue weighted by atomic mass is 35.5. The Labute approximate surface area is 147 Å². The third kappa shape index (κ3) is 6.27. The summed E-state index contributed by atoms with van der Waals surface area (Å²) >= 11 is 5.79. The van der Waals surface area contributed by atoms with E-state index in [0.717, 1.165) is 0 Å². The summed E-state index contributed by atoms with van der Waals surface area (Å²) in [5.74, 6) is 0.605. The minimum atomic E-state index is -3.14. The van der Waals surface area contributed by atoms with E-state index >= 15 is 0 Å². The Morgan fingerprint density at radius 2 is 1.83 bits per heavy atom. The number of rotatable bonds is 7. The molecule has 134 valence electrons. The van der Waals surface area contributed by atoms with Crippen molar-refractivity contribution in [3.63, 3.8) is 0 Å². The van der Waals surface area contributed by atoms with Crippen molar-refractivity contribution in [1.82, 2.24) is 14.5 Å². The van der Waals surface area contributed by atoms with Crippen molar-refractivity contribution in [3.8, 4) is 5.75 Å². The van der Waals surface area contributed by atoms with Crippen LogP contribution in [0.5, 0.6) is 5.75 Å². The fourth-order valence-corrected chi connectivity index (χ4v) is 3.32. The first kappa shape index (κ1) is 19.0. The van der Waals surface area contributed by atoms with Gasteiger partial charge in [0.05, 0.1) is 19.3 Å². The van der Waals surface area contributed by atoms with Crippen LogP contribution in [0.2, 0.25) is 5.02 Å². The number of carbonyl (C=O) groups is 1. The molecule has 1 saturated heterocycles. The van der Waals surface area contributed by atoms with Crippen LogP contribution >= 0.6 is 11.6 Å². The first-order chi connectivity index (χ1) is 11.3. The van der Waals surface area contributed by atoms with Gasteiger partial charge in [0, 0.05) is 31.2 Å². The lowest BCUT2D eigenvalue weighted by molar-refractivity contribution is -0.122. The monoisotopic (exact) mass is 375 g/mol. The number of hydrogen-bond acceptors (Lipinski definition) is 5. The molecule has 1 N–H and O–H groups in total. The summed E-state index contributed by atoms with van der Waals surface area (Å²) in [5.41, 5.74) is 0. The number of benzene rings is 1. The molecule has 0 aliphatic carbocycles. The van der Waals surface area contributed by atoms with Crippen LogP contribution in [0, 0.1) is 0 Å². The van der Waals surface area contributed by atoms with Crippen molar-refractivity contribution in [2.75, 3.05) is 52.1 Å². The van der Waals surface area contributed by atoms with Crippen LogP contribution in [0.3, 0.4) is 0 Å². The zero-order valence-corrected chi connectivity index (χ0v) is 15.1. The van der Waals surface area contributed by atoms with Crippen LogP contribution in [-0.4, -0.2) is 75.7 Å². The molecule has 1 aliphatic rings. The number of ether oxygens (including phenoxy) is 1. The maximum absolute atomic E-state index is 11.9. The molecule has 1 aliphatic heterocycles. The molecule has 0 unspecified atom stereocenters. The second-order valence-corrected chi connectivity index (χ2v) is 8.01. The minimum Gasteiger partial charge on any atom is -0.492 e. The predicted octanol–water partition coefficient (Wildman–Crippen LogP) is 0.412. The van der Waals surface area contributed by atoms with E-state index in [1.807, 2.05) is 4.90 Å². The molecule has 0 spiro atoms. The van der Waals surface area contributed by atoms with Gasteiger partial charge in [-0.3, -0.25) is 9.69 Å². The minimum absolute atomic E-state index is 0.0949. The molecule has 1 aromatic rings. The van der Waals surface area contributed by atoms with Gasteiger partial charge in [0.25, 0.3) is 0 Å². The average molecular weight is 376 g/mol. The van der Waals surface area contributed by atoms with Crippen LogP contribution < -0.4 is 10.1 Å². The van der Waals surface area contributed by atoms with Crippen molar-refractivity contribution in [1.29, 1.82) is 0 Å². The van der Waals surface area contributed by atoms with Crippen LogP contribution in [0.4, 0.5) is 0 Å². The molecule has 0 atom stereocenters. The SMILES string of the molecule is CS(=O)(=O)N1CCN(CC(=O)NCCOc2ccc(Cl)cc2)CC1. The number of hydrogen-bond donors (Lipinski definition) is 1. The number of carbonyl (C=O) groups excluding carboxylic acids is 1. The number of amides is 1. The number of sulfonamides is 1. The van der Waals surface area contributed by atoms with Gasteiger partial charge >= 0.3 is 0 Å². The van der Waals surface area contributed by atoms with Gasteiger partial charge in [0.1, 0.15) is 12.4 Å². The second-order valence-electron chi connectivity index (χ2n) is 5.59. The molecule has 1 fully saturated rings. The summed E-state index contributed by atoms with van der Waals surface area (Å²) in [6.07, 6.45) is 1.20. The zero-order chi connectivity index (χ0) is 17.6. The van der Waals surface area contributed by atoms with Gasteiger partial charge in [-0.05, 0) is 24.3 Å². The van der Waals surface area contributed by atoms with E-state index < -0.39 is 10.0 Å². The lowest BCUT2D eigenvalue weighted by atomic mass is 10.3. The van der Waals surface area contributed by atoms with Crippen LogP contribution in [0.1, 0.15) is 0 Å². The van der Waals surface area contributed by atoms with Gasteiger partial charge in [0.15, 0.2) is 0 Å². The Bertz CT molecular complexity index is 643. The molecule has 0 saturated carbocycles. The van der Waals surface area contributed by atoms with E-state index in [2.05, 4.69) is 5.32 Å². The lowest BCUT2D eigenvalue weighted by Crippen LogP contribution is -2.51. The molecular formula is C15H22ClN3O4S. The molecule has 0 bridgehead atoms. The Hall–Kier alpha value is -1.35. The van der Waals surface area contributed by atoms with E-state index in [0.29, 0.717) is 50.1 Å². The fraction of sp³-hybridized carbons (Fsp3) is 0.533. The molecule has 0 aromatic heterocycles. The largest absolute Gasteiger partial charge is 0.492 e. The molecule has 7 nitrogen and oxygen atoms in total. The molecule has 24 heavy (non-hydrogen) atoms. The van der Waals surface area contributed by atoms with E-state index in [1.165, 1.54) is 10.6 Å². The Kier molecular flexibility index (Phi) is 6.85. The van der Waals surface area contributed by atoms with Gasteiger partial charge in [-0.1, -0.05) is 11.6 Å². The molecule has 2 rings (SSSR count). The molecule has 0 radical (unpaired) electrons. The third-order valence-corrected chi connectivity index (χ3v) is 5.23. The molecule has 1 aromatic carbocycles. The second kappa shape index (κ2) is 8.66. The summed E-state index contributed by atoms with van der Waals surface area (Å²) in [7, 11) is -3.14. The van der Waals surface area contributed by atoms with Gasteiger partial charge in [-0.25, -0.2) is 8.42 Å². The summed E-state index contributed by atoms with van der Waals surface area (Å²) in [6.45, 7) is 3.00. The number of nitrogens with zero attached hydrogens (tertiary/aromatic N) is 2. The van der Waals surface area contributed by atoms with E-state index in [9.17, 15) is 13.2 Å². The number of halogens is 1. The highest BCUT2D eigenvalue weighted by molar-refractivity contribution is 7.88. The standard InChI is InChI=1S/C15H22ClN3O4S/c1-24(21,22)19-9-7-18(8-10-19)12-15(20)17-6-11-23-14-4-2-13(16)3-5-14/h2-5H,6-12H2,1H3,(H,17,20). The van der Waals surface area contributed by atoms with E-state index in [1.54, 1.807) is 24.3 Å². The quantitative estimate of drug-likeness (QED) is 0.698.